The Bertz CT molecular complexity index is 1770. The van der Waals surface area contributed by atoms with Crippen LogP contribution in [0.25, 0.3) is 43.6 Å². The van der Waals surface area contributed by atoms with Gasteiger partial charge in [0.05, 0.1) is 47.7 Å². The van der Waals surface area contributed by atoms with Crippen LogP contribution in [0.2, 0.25) is 10.0 Å². The molecule has 0 atom stereocenters. The molecule has 0 unspecified atom stereocenters. The van der Waals surface area contributed by atoms with Gasteiger partial charge in [-0.1, -0.05) is 23.2 Å². The van der Waals surface area contributed by atoms with Crippen LogP contribution >= 0.6 is 23.2 Å². The molecule has 0 aliphatic heterocycles. The van der Waals surface area contributed by atoms with Gasteiger partial charge >= 0.3 is 0 Å². The maximum atomic E-state index is 6.34. The zero-order valence-electron chi connectivity index (χ0n) is 22.7. The van der Waals surface area contributed by atoms with Gasteiger partial charge < -0.3 is 19.3 Å². The molecule has 0 aliphatic rings. The minimum atomic E-state index is 0.660. The van der Waals surface area contributed by atoms with Crippen molar-refractivity contribution in [2.24, 2.45) is 0 Å². The molecule has 2 heterocycles. The molecule has 0 aliphatic carbocycles. The van der Waals surface area contributed by atoms with Gasteiger partial charge in [0.25, 0.3) is 0 Å². The first-order valence-electron chi connectivity index (χ1n) is 12.9. The summed E-state index contributed by atoms with van der Waals surface area (Å²) in [5.41, 5.74) is 5.66. The van der Waals surface area contributed by atoms with Crippen molar-refractivity contribution < 1.29 is 9.47 Å². The average molecular weight is 572 g/mol. The fraction of sp³-hybridized carbons (Fsp3) is 0.188. The molecule has 0 bridgehead atoms. The number of ether oxygens (including phenoxy) is 2. The van der Waals surface area contributed by atoms with Crippen molar-refractivity contribution in [1.29, 1.82) is 0 Å². The number of fused-ring (bicyclic) bond motifs is 4. The lowest BCUT2D eigenvalue weighted by molar-refractivity contribution is 0.415. The molecule has 0 radical (unpaired) electrons. The summed E-state index contributed by atoms with van der Waals surface area (Å²) in [5, 5.41) is 5.45. The maximum Gasteiger partial charge on any atom is 0.119 e. The summed E-state index contributed by atoms with van der Waals surface area (Å²) in [6.07, 6.45) is 0. The molecule has 6 nitrogen and oxygen atoms in total. The van der Waals surface area contributed by atoms with Gasteiger partial charge in [-0.25, -0.2) is 9.97 Å². The molecular weight excluding hydrogens is 543 g/mol. The van der Waals surface area contributed by atoms with E-state index < -0.39 is 0 Å². The van der Waals surface area contributed by atoms with Crippen LogP contribution in [0.3, 0.4) is 0 Å². The van der Waals surface area contributed by atoms with Crippen molar-refractivity contribution in [2.75, 3.05) is 51.2 Å². The lowest BCUT2D eigenvalue weighted by Gasteiger charge is -2.28. The fourth-order valence-corrected chi connectivity index (χ4v) is 5.68. The van der Waals surface area contributed by atoms with E-state index in [0.717, 1.165) is 79.6 Å². The third-order valence-corrected chi connectivity index (χ3v) is 7.83. The summed E-state index contributed by atoms with van der Waals surface area (Å²) in [6.45, 7) is 1.49. The summed E-state index contributed by atoms with van der Waals surface area (Å²) >= 11 is 12.7. The molecule has 8 heteroatoms. The van der Waals surface area contributed by atoms with Crippen LogP contribution in [-0.4, -0.2) is 51.4 Å². The number of rotatable bonds is 7. The number of pyridine rings is 2. The smallest absolute Gasteiger partial charge is 0.119 e. The number of aromatic nitrogens is 2. The second-order valence-electron chi connectivity index (χ2n) is 9.85. The highest BCUT2D eigenvalue weighted by atomic mass is 35.5. The lowest BCUT2D eigenvalue weighted by Crippen LogP contribution is -2.31. The number of hydrogen-bond acceptors (Lipinski definition) is 6. The van der Waals surface area contributed by atoms with Gasteiger partial charge in [0.1, 0.15) is 11.5 Å². The number of nitrogens with zero attached hydrogens (tertiary/aromatic N) is 4. The summed E-state index contributed by atoms with van der Waals surface area (Å²) in [5.74, 6) is 1.58. The lowest BCUT2D eigenvalue weighted by atomic mass is 10.1. The molecule has 2 aromatic heterocycles. The van der Waals surface area contributed by atoms with Crippen LogP contribution in [0.15, 0.2) is 72.8 Å². The van der Waals surface area contributed by atoms with E-state index in [1.807, 2.05) is 72.8 Å². The van der Waals surface area contributed by atoms with Crippen LogP contribution in [0.1, 0.15) is 0 Å². The van der Waals surface area contributed by atoms with Gasteiger partial charge in [-0.15, -0.1) is 0 Å². The molecular formula is C32H28Cl2N4O2. The highest BCUT2D eigenvalue weighted by Crippen LogP contribution is 2.38. The van der Waals surface area contributed by atoms with Crippen molar-refractivity contribution in [3.05, 3.63) is 82.8 Å². The fourth-order valence-electron chi connectivity index (χ4n) is 5.35. The van der Waals surface area contributed by atoms with E-state index in [9.17, 15) is 0 Å². The van der Waals surface area contributed by atoms with E-state index in [1.165, 1.54) is 0 Å². The first-order valence-corrected chi connectivity index (χ1v) is 13.7. The molecule has 0 amide bonds. The summed E-state index contributed by atoms with van der Waals surface area (Å²) in [4.78, 5) is 14.3. The Balaban J connectivity index is 1.43. The van der Waals surface area contributed by atoms with Crippen molar-refractivity contribution in [3.63, 3.8) is 0 Å². The third kappa shape index (κ3) is 4.67. The number of likely N-dealkylation sites (N-methyl/N-ethyl adjacent to an activating group) is 2. The Morgan fingerprint density at radius 3 is 1.38 bits per heavy atom. The molecule has 0 saturated carbocycles. The highest BCUT2D eigenvalue weighted by molar-refractivity contribution is 6.32. The van der Waals surface area contributed by atoms with Gasteiger partial charge in [0.15, 0.2) is 0 Å². The number of methoxy groups -OCH3 is 2. The number of halogens is 2. The van der Waals surface area contributed by atoms with Crippen molar-refractivity contribution in [1.82, 2.24) is 9.97 Å². The first-order chi connectivity index (χ1) is 19.4. The van der Waals surface area contributed by atoms with Gasteiger partial charge in [-0.3, -0.25) is 0 Å². The van der Waals surface area contributed by atoms with Crippen LogP contribution in [-0.2, 0) is 0 Å². The van der Waals surface area contributed by atoms with E-state index in [2.05, 4.69) is 23.9 Å². The maximum absolute atomic E-state index is 6.34. The molecule has 0 saturated heterocycles. The number of benzene rings is 4. The Labute approximate surface area is 242 Å². The Morgan fingerprint density at radius 1 is 0.550 bits per heavy atom. The monoisotopic (exact) mass is 570 g/mol. The molecule has 0 N–H and O–H groups in total. The quantitative estimate of drug-likeness (QED) is 0.181. The predicted octanol–water partition coefficient (Wildman–Crippen LogP) is 7.99. The standard InChI is InChI=1S/C32H28Cl2N4O2/c1-37(31-23-9-5-19(33)15-29(23)35-27-11-7-21(39-3)17-25(27)31)13-14-38(2)32-24-10-6-20(34)16-30(24)36-28-12-8-22(40-4)18-26(28)32/h5-12,15-18H,13-14H2,1-4H3. The summed E-state index contributed by atoms with van der Waals surface area (Å²) < 4.78 is 11.1. The Morgan fingerprint density at radius 2 is 0.975 bits per heavy atom. The SMILES string of the molecule is COc1ccc2nc3cc(Cl)ccc3c(N(C)CCN(C)c3c4ccc(Cl)cc4nc4ccc(OC)cc34)c2c1. The average Bonchev–Trinajstić information content (AvgIpc) is 2.96. The van der Waals surface area contributed by atoms with Crippen LogP contribution in [0.4, 0.5) is 11.4 Å². The van der Waals surface area contributed by atoms with Crippen LogP contribution < -0.4 is 19.3 Å². The molecule has 6 aromatic rings. The Hall–Kier alpha value is -4.00. The van der Waals surface area contributed by atoms with Gasteiger partial charge in [-0.2, -0.15) is 0 Å². The second kappa shape index (κ2) is 10.5. The minimum Gasteiger partial charge on any atom is -0.497 e. The van der Waals surface area contributed by atoms with E-state index >= 15 is 0 Å². The molecule has 0 spiro atoms. The van der Waals surface area contributed by atoms with Crippen LogP contribution in [0, 0.1) is 0 Å². The normalized spacial score (nSPS) is 11.4. The van der Waals surface area contributed by atoms with E-state index in [1.54, 1.807) is 14.2 Å². The zero-order valence-corrected chi connectivity index (χ0v) is 24.2. The number of anilines is 2. The second-order valence-corrected chi connectivity index (χ2v) is 10.7. The van der Waals surface area contributed by atoms with E-state index in [0.29, 0.717) is 10.0 Å². The van der Waals surface area contributed by atoms with Crippen LogP contribution in [0.5, 0.6) is 11.5 Å². The molecule has 202 valence electrons. The molecule has 0 fully saturated rings. The van der Waals surface area contributed by atoms with Crippen molar-refractivity contribution in [3.8, 4) is 11.5 Å². The highest BCUT2D eigenvalue weighted by Gasteiger charge is 2.18. The van der Waals surface area contributed by atoms with Gasteiger partial charge in [0, 0.05) is 58.8 Å². The first kappa shape index (κ1) is 26.2. The molecule has 4 aromatic carbocycles. The van der Waals surface area contributed by atoms with Crippen molar-refractivity contribution >= 4 is 78.2 Å². The van der Waals surface area contributed by atoms with Crippen molar-refractivity contribution in [2.45, 2.75) is 0 Å². The molecule has 6 rings (SSSR count). The summed E-state index contributed by atoms with van der Waals surface area (Å²) in [7, 11) is 7.59. The third-order valence-electron chi connectivity index (χ3n) is 7.36. The topological polar surface area (TPSA) is 50.7 Å². The summed E-state index contributed by atoms with van der Waals surface area (Å²) in [6, 6.07) is 23.7. The predicted molar refractivity (Wildman–Crippen MR) is 168 cm³/mol. The zero-order chi connectivity index (χ0) is 28.0. The largest absolute Gasteiger partial charge is 0.497 e. The van der Waals surface area contributed by atoms with Gasteiger partial charge in [-0.05, 0) is 72.8 Å². The van der Waals surface area contributed by atoms with Gasteiger partial charge in [0.2, 0.25) is 0 Å². The minimum absolute atomic E-state index is 0.660. The van der Waals surface area contributed by atoms with E-state index in [-0.39, 0.29) is 0 Å². The molecule has 40 heavy (non-hydrogen) atoms. The van der Waals surface area contributed by atoms with E-state index in [4.69, 9.17) is 42.6 Å². The number of hydrogen-bond donors (Lipinski definition) is 0. The Kier molecular flexibility index (Phi) is 6.90.